The van der Waals surface area contributed by atoms with Crippen molar-refractivity contribution in [1.82, 2.24) is 0 Å². The van der Waals surface area contributed by atoms with Crippen molar-refractivity contribution in [2.75, 3.05) is 0 Å². The lowest BCUT2D eigenvalue weighted by atomic mass is 9.96. The van der Waals surface area contributed by atoms with E-state index in [-0.39, 0.29) is 0 Å². The summed E-state index contributed by atoms with van der Waals surface area (Å²) in [5.74, 6) is 0.830. The lowest BCUT2D eigenvalue weighted by Crippen LogP contribution is -2.09. The summed E-state index contributed by atoms with van der Waals surface area (Å²) in [6.45, 7) is 0.465. The molecule has 0 aliphatic heterocycles. The van der Waals surface area contributed by atoms with Gasteiger partial charge in [-0.15, -0.1) is 0 Å². The molecule has 126 valence electrons. The molecule has 0 heterocycles. The monoisotopic (exact) mass is 361 g/mol. The van der Waals surface area contributed by atoms with E-state index < -0.39 is 0 Å². The number of ether oxygens (including phenoxy) is 1. The van der Waals surface area contributed by atoms with E-state index in [0.29, 0.717) is 22.7 Å². The van der Waals surface area contributed by atoms with E-state index in [1.807, 2.05) is 42.6 Å². The zero-order valence-corrected chi connectivity index (χ0v) is 15.1. The molecule has 24 heavy (non-hydrogen) atoms. The molecule has 3 rings (SSSR count). The summed E-state index contributed by atoms with van der Waals surface area (Å²) in [4.78, 5) is 4.70. The maximum absolute atomic E-state index is 6.01. The Balaban J connectivity index is 1.54. The van der Waals surface area contributed by atoms with Gasteiger partial charge in [0.1, 0.15) is 12.4 Å². The predicted molar refractivity (Wildman–Crippen MR) is 102 cm³/mol. The summed E-state index contributed by atoms with van der Waals surface area (Å²) in [5, 5.41) is 1.11. The highest BCUT2D eigenvalue weighted by Crippen LogP contribution is 2.24. The van der Waals surface area contributed by atoms with Gasteiger partial charge in [-0.05, 0) is 60.4 Å². The molecule has 1 saturated carbocycles. The topological polar surface area (TPSA) is 21.6 Å². The lowest BCUT2D eigenvalue weighted by Gasteiger charge is -2.17. The molecule has 0 N–H and O–H groups in total. The predicted octanol–water partition coefficient (Wildman–Crippen LogP) is 6.32. The van der Waals surface area contributed by atoms with Gasteiger partial charge in [-0.3, -0.25) is 4.99 Å². The summed E-state index contributed by atoms with van der Waals surface area (Å²) in [6.07, 6.45) is 8.41. The molecule has 1 fully saturated rings. The molecule has 0 saturated heterocycles. The summed E-state index contributed by atoms with van der Waals surface area (Å²) in [6, 6.07) is 14.1. The quantitative estimate of drug-likeness (QED) is 0.570. The molecule has 4 heteroatoms. The van der Waals surface area contributed by atoms with Crippen molar-refractivity contribution in [3.63, 3.8) is 0 Å². The number of halogens is 2. The molecule has 2 aromatic carbocycles. The second kappa shape index (κ2) is 8.55. The number of hydrogen-bond acceptors (Lipinski definition) is 2. The van der Waals surface area contributed by atoms with E-state index in [1.54, 1.807) is 6.07 Å². The Bertz CT molecular complexity index is 691. The van der Waals surface area contributed by atoms with E-state index in [1.165, 1.54) is 32.1 Å². The van der Waals surface area contributed by atoms with Crippen LogP contribution in [0.5, 0.6) is 5.75 Å². The third-order valence-electron chi connectivity index (χ3n) is 4.28. The molecule has 0 aromatic heterocycles. The Morgan fingerprint density at radius 3 is 2.42 bits per heavy atom. The van der Waals surface area contributed by atoms with Gasteiger partial charge in [0.25, 0.3) is 0 Å². The van der Waals surface area contributed by atoms with Crippen LogP contribution in [-0.2, 0) is 6.61 Å². The van der Waals surface area contributed by atoms with Crippen molar-refractivity contribution in [2.45, 2.75) is 44.8 Å². The van der Waals surface area contributed by atoms with E-state index in [0.717, 1.165) is 16.9 Å². The van der Waals surface area contributed by atoms with E-state index >= 15 is 0 Å². The Morgan fingerprint density at radius 1 is 0.958 bits per heavy atom. The van der Waals surface area contributed by atoms with Crippen LogP contribution in [0.25, 0.3) is 0 Å². The standard InChI is InChI=1S/C20H21Cl2NO/c21-19-11-8-16(12-20(19)22)14-24-18-9-6-15(7-10-18)13-23-17-4-2-1-3-5-17/h6-13,17H,1-5,14H2. The maximum Gasteiger partial charge on any atom is 0.119 e. The molecule has 0 bridgehead atoms. The normalized spacial score (nSPS) is 15.8. The van der Waals surface area contributed by atoms with Crippen LogP contribution in [0.2, 0.25) is 10.0 Å². The van der Waals surface area contributed by atoms with Crippen LogP contribution in [-0.4, -0.2) is 12.3 Å². The largest absolute Gasteiger partial charge is 0.489 e. The fourth-order valence-electron chi connectivity index (χ4n) is 2.87. The molecule has 2 aromatic rings. The first-order valence-corrected chi connectivity index (χ1v) is 9.16. The number of hydrogen-bond donors (Lipinski definition) is 0. The van der Waals surface area contributed by atoms with Crippen molar-refractivity contribution < 1.29 is 4.74 Å². The second-order valence-corrected chi connectivity index (χ2v) is 6.99. The number of aliphatic imine (C=N–C) groups is 1. The first-order chi connectivity index (χ1) is 11.7. The van der Waals surface area contributed by atoms with Gasteiger partial charge in [-0.2, -0.15) is 0 Å². The Kier molecular flexibility index (Phi) is 6.17. The molecule has 0 radical (unpaired) electrons. The fourth-order valence-corrected chi connectivity index (χ4v) is 3.19. The van der Waals surface area contributed by atoms with Gasteiger partial charge in [-0.1, -0.05) is 48.5 Å². The van der Waals surface area contributed by atoms with Gasteiger partial charge in [0.05, 0.1) is 10.0 Å². The third kappa shape index (κ3) is 4.99. The molecule has 0 unspecified atom stereocenters. The molecule has 0 spiro atoms. The zero-order chi connectivity index (χ0) is 16.8. The van der Waals surface area contributed by atoms with Gasteiger partial charge in [0, 0.05) is 12.3 Å². The molecular weight excluding hydrogens is 341 g/mol. The summed E-state index contributed by atoms with van der Waals surface area (Å²) >= 11 is 11.9. The Labute approximate surface area is 153 Å². The highest BCUT2D eigenvalue weighted by molar-refractivity contribution is 6.42. The summed E-state index contributed by atoms with van der Waals surface area (Å²) < 4.78 is 5.79. The summed E-state index contributed by atoms with van der Waals surface area (Å²) in [7, 11) is 0. The minimum absolute atomic E-state index is 0.465. The van der Waals surface area contributed by atoms with Crippen LogP contribution in [0, 0.1) is 0 Å². The van der Waals surface area contributed by atoms with Crippen LogP contribution in [0.3, 0.4) is 0 Å². The molecule has 0 amide bonds. The number of nitrogens with zero attached hydrogens (tertiary/aromatic N) is 1. The third-order valence-corrected chi connectivity index (χ3v) is 5.02. The SMILES string of the molecule is Clc1ccc(COc2ccc(C=NC3CCCCC3)cc2)cc1Cl. The number of rotatable bonds is 5. The Morgan fingerprint density at radius 2 is 1.71 bits per heavy atom. The first kappa shape index (κ1) is 17.3. The van der Waals surface area contributed by atoms with E-state index in [4.69, 9.17) is 32.9 Å². The van der Waals surface area contributed by atoms with Gasteiger partial charge in [-0.25, -0.2) is 0 Å². The average Bonchev–Trinajstić information content (AvgIpc) is 2.63. The Hall–Kier alpha value is -1.51. The van der Waals surface area contributed by atoms with Gasteiger partial charge in [0.15, 0.2) is 0 Å². The summed E-state index contributed by atoms with van der Waals surface area (Å²) in [5.41, 5.74) is 2.11. The van der Waals surface area contributed by atoms with Gasteiger partial charge < -0.3 is 4.74 Å². The van der Waals surface area contributed by atoms with Crippen molar-refractivity contribution in [3.05, 3.63) is 63.6 Å². The smallest absolute Gasteiger partial charge is 0.119 e. The van der Waals surface area contributed by atoms with Crippen molar-refractivity contribution in [2.24, 2.45) is 4.99 Å². The molecule has 2 nitrogen and oxygen atoms in total. The fraction of sp³-hybridized carbons (Fsp3) is 0.350. The van der Waals surface area contributed by atoms with E-state index in [9.17, 15) is 0 Å². The lowest BCUT2D eigenvalue weighted by molar-refractivity contribution is 0.306. The van der Waals surface area contributed by atoms with E-state index in [2.05, 4.69) is 0 Å². The van der Waals surface area contributed by atoms with Crippen LogP contribution in [0.4, 0.5) is 0 Å². The van der Waals surface area contributed by atoms with Crippen LogP contribution >= 0.6 is 23.2 Å². The minimum atomic E-state index is 0.465. The van der Waals surface area contributed by atoms with Crippen LogP contribution in [0.1, 0.15) is 43.2 Å². The molecular formula is C20H21Cl2NO. The molecule has 0 atom stereocenters. The number of benzene rings is 2. The van der Waals surface area contributed by atoms with Crippen LogP contribution in [0.15, 0.2) is 47.5 Å². The average molecular weight is 362 g/mol. The first-order valence-electron chi connectivity index (χ1n) is 8.41. The molecule has 1 aliphatic carbocycles. The van der Waals surface area contributed by atoms with Crippen LogP contribution < -0.4 is 4.74 Å². The van der Waals surface area contributed by atoms with Crippen molar-refractivity contribution >= 4 is 29.4 Å². The second-order valence-electron chi connectivity index (χ2n) is 6.18. The zero-order valence-electron chi connectivity index (χ0n) is 13.6. The highest BCUT2D eigenvalue weighted by atomic mass is 35.5. The minimum Gasteiger partial charge on any atom is -0.489 e. The van der Waals surface area contributed by atoms with Crippen molar-refractivity contribution in [3.8, 4) is 5.75 Å². The van der Waals surface area contributed by atoms with Gasteiger partial charge in [0.2, 0.25) is 0 Å². The van der Waals surface area contributed by atoms with Gasteiger partial charge >= 0.3 is 0 Å². The highest BCUT2D eigenvalue weighted by Gasteiger charge is 2.10. The van der Waals surface area contributed by atoms with Crippen molar-refractivity contribution in [1.29, 1.82) is 0 Å². The molecule has 1 aliphatic rings. The maximum atomic E-state index is 6.01.